The average molecular weight is 325 g/mol. The fraction of sp³-hybridized carbons (Fsp3) is 0.455. The standard InChI is InChI=1S/C11H8F9N/c12-3-1-2-4-21(11(18,19)20)10-8(16)6(14)5(13)7(15)9(10)17/h1-4H2. The summed E-state index contributed by atoms with van der Waals surface area (Å²) in [6.45, 7) is -2.13. The normalized spacial score (nSPS) is 11.9. The summed E-state index contributed by atoms with van der Waals surface area (Å²) < 4.78 is 115. The number of halogens is 9. The molecule has 1 nitrogen and oxygen atoms in total. The molecule has 0 aliphatic heterocycles. The van der Waals surface area contributed by atoms with E-state index in [9.17, 15) is 39.5 Å². The lowest BCUT2D eigenvalue weighted by atomic mass is 10.2. The van der Waals surface area contributed by atoms with Crippen molar-refractivity contribution in [3.63, 3.8) is 0 Å². The quantitative estimate of drug-likeness (QED) is 0.254. The van der Waals surface area contributed by atoms with Crippen molar-refractivity contribution in [3.8, 4) is 0 Å². The fourth-order valence-electron chi connectivity index (χ4n) is 1.56. The van der Waals surface area contributed by atoms with Gasteiger partial charge in [0, 0.05) is 6.54 Å². The molecule has 0 heterocycles. The van der Waals surface area contributed by atoms with E-state index >= 15 is 0 Å². The highest BCUT2D eigenvalue weighted by Crippen LogP contribution is 2.36. The number of anilines is 1. The lowest BCUT2D eigenvalue weighted by Crippen LogP contribution is -2.40. The van der Waals surface area contributed by atoms with Gasteiger partial charge in [-0.25, -0.2) is 22.0 Å². The number of unbranched alkanes of at least 4 members (excludes halogenated alkanes) is 1. The van der Waals surface area contributed by atoms with Crippen molar-refractivity contribution in [2.24, 2.45) is 0 Å². The van der Waals surface area contributed by atoms with Gasteiger partial charge in [0.25, 0.3) is 0 Å². The Kier molecular flexibility index (Phi) is 5.35. The van der Waals surface area contributed by atoms with Crippen molar-refractivity contribution in [2.45, 2.75) is 19.1 Å². The highest BCUT2D eigenvalue weighted by Gasteiger charge is 2.42. The van der Waals surface area contributed by atoms with Gasteiger partial charge >= 0.3 is 6.30 Å². The molecule has 1 rings (SSSR count). The van der Waals surface area contributed by atoms with Crippen molar-refractivity contribution in [3.05, 3.63) is 29.1 Å². The van der Waals surface area contributed by atoms with Gasteiger partial charge in [-0.15, -0.1) is 0 Å². The summed E-state index contributed by atoms with van der Waals surface area (Å²) in [5, 5.41) is 0. The van der Waals surface area contributed by atoms with Crippen LogP contribution in [-0.2, 0) is 0 Å². The second kappa shape index (κ2) is 6.44. The molecule has 0 N–H and O–H groups in total. The van der Waals surface area contributed by atoms with Gasteiger partial charge in [-0.05, 0) is 12.8 Å². The molecule has 0 saturated heterocycles. The van der Waals surface area contributed by atoms with E-state index < -0.39 is 65.6 Å². The Morgan fingerprint density at radius 3 is 1.52 bits per heavy atom. The molecule has 0 atom stereocenters. The van der Waals surface area contributed by atoms with E-state index in [0.29, 0.717) is 0 Å². The molecule has 0 unspecified atom stereocenters. The molecule has 0 amide bonds. The van der Waals surface area contributed by atoms with Crippen LogP contribution in [0.25, 0.3) is 0 Å². The third kappa shape index (κ3) is 3.53. The van der Waals surface area contributed by atoms with E-state index in [2.05, 4.69) is 0 Å². The maximum Gasteiger partial charge on any atom is 0.485 e. The van der Waals surface area contributed by atoms with Crippen LogP contribution in [-0.4, -0.2) is 19.5 Å². The number of hydrogen-bond acceptors (Lipinski definition) is 1. The second-order valence-electron chi connectivity index (χ2n) is 3.93. The molecule has 0 radical (unpaired) electrons. The Bertz CT molecular complexity index is 482. The Balaban J connectivity index is 3.38. The molecule has 0 bridgehead atoms. The van der Waals surface area contributed by atoms with Gasteiger partial charge in [-0.2, -0.15) is 13.2 Å². The summed E-state index contributed by atoms with van der Waals surface area (Å²) in [4.78, 5) is -0.932. The molecular weight excluding hydrogens is 317 g/mol. The minimum Gasteiger partial charge on any atom is -0.278 e. The molecule has 1 aromatic carbocycles. The summed E-state index contributed by atoms with van der Waals surface area (Å²) >= 11 is 0. The van der Waals surface area contributed by atoms with E-state index in [1.165, 1.54) is 0 Å². The lowest BCUT2D eigenvalue weighted by Gasteiger charge is -2.27. The molecule has 120 valence electrons. The van der Waals surface area contributed by atoms with Gasteiger partial charge < -0.3 is 0 Å². The van der Waals surface area contributed by atoms with Gasteiger partial charge in [-0.1, -0.05) is 0 Å². The second-order valence-corrected chi connectivity index (χ2v) is 3.93. The van der Waals surface area contributed by atoms with Gasteiger partial charge in [0.1, 0.15) is 5.69 Å². The molecule has 0 aliphatic carbocycles. The minimum absolute atomic E-state index is 0.359. The highest BCUT2D eigenvalue weighted by atomic mass is 19.4. The van der Waals surface area contributed by atoms with Crippen molar-refractivity contribution >= 4 is 5.69 Å². The van der Waals surface area contributed by atoms with Gasteiger partial charge in [0.05, 0.1) is 6.67 Å². The van der Waals surface area contributed by atoms with E-state index in [1.54, 1.807) is 0 Å². The summed E-state index contributed by atoms with van der Waals surface area (Å²) in [6.07, 6.45) is -6.24. The molecule has 0 aromatic heterocycles. The van der Waals surface area contributed by atoms with E-state index in [0.717, 1.165) is 0 Å². The SMILES string of the molecule is FCCCCN(c1c(F)c(F)c(F)c(F)c1F)C(F)(F)F. The minimum atomic E-state index is -5.39. The fourth-order valence-corrected chi connectivity index (χ4v) is 1.56. The topological polar surface area (TPSA) is 3.24 Å². The van der Waals surface area contributed by atoms with E-state index in [4.69, 9.17) is 0 Å². The monoisotopic (exact) mass is 325 g/mol. The van der Waals surface area contributed by atoms with Crippen LogP contribution < -0.4 is 4.90 Å². The molecule has 0 spiro atoms. The van der Waals surface area contributed by atoms with Crippen molar-refractivity contribution in [1.29, 1.82) is 0 Å². The molecular formula is C11H8F9N. The van der Waals surface area contributed by atoms with Crippen LogP contribution in [0.2, 0.25) is 0 Å². The van der Waals surface area contributed by atoms with Crippen LogP contribution in [0.3, 0.4) is 0 Å². The number of alkyl halides is 4. The largest absolute Gasteiger partial charge is 0.485 e. The zero-order chi connectivity index (χ0) is 16.4. The highest BCUT2D eigenvalue weighted by molar-refractivity contribution is 5.51. The molecule has 0 saturated carbocycles. The zero-order valence-corrected chi connectivity index (χ0v) is 10.2. The summed E-state index contributed by atoms with van der Waals surface area (Å²) in [6, 6.07) is 0. The summed E-state index contributed by atoms with van der Waals surface area (Å²) in [7, 11) is 0. The van der Waals surface area contributed by atoms with Crippen LogP contribution in [0.5, 0.6) is 0 Å². The first-order valence-electron chi connectivity index (χ1n) is 5.54. The van der Waals surface area contributed by atoms with Gasteiger partial charge in [0.2, 0.25) is 5.82 Å². The van der Waals surface area contributed by atoms with E-state index in [1.807, 2.05) is 0 Å². The van der Waals surface area contributed by atoms with Crippen LogP contribution in [0, 0.1) is 29.1 Å². The number of hydrogen-bond donors (Lipinski definition) is 0. The predicted molar refractivity (Wildman–Crippen MR) is 54.8 cm³/mol. The maximum absolute atomic E-state index is 13.4. The third-order valence-electron chi connectivity index (χ3n) is 2.53. The molecule has 1 aromatic rings. The van der Waals surface area contributed by atoms with Crippen LogP contribution in [0.1, 0.15) is 12.8 Å². The Hall–Kier alpha value is -1.61. The van der Waals surface area contributed by atoms with E-state index in [-0.39, 0.29) is 6.42 Å². The first-order chi connectivity index (χ1) is 9.62. The number of benzene rings is 1. The predicted octanol–water partition coefficient (Wildman–Crippen LogP) is 4.46. The molecule has 0 fully saturated rings. The van der Waals surface area contributed by atoms with Crippen molar-refractivity contribution in [2.75, 3.05) is 18.1 Å². The van der Waals surface area contributed by atoms with Crippen molar-refractivity contribution in [1.82, 2.24) is 0 Å². The Morgan fingerprint density at radius 1 is 0.714 bits per heavy atom. The third-order valence-corrected chi connectivity index (χ3v) is 2.53. The lowest BCUT2D eigenvalue weighted by molar-refractivity contribution is -0.130. The zero-order valence-electron chi connectivity index (χ0n) is 10.2. The summed E-state index contributed by atoms with van der Waals surface area (Å²) in [5.41, 5.74) is -2.10. The summed E-state index contributed by atoms with van der Waals surface area (Å²) in [5.74, 6) is -12.7. The first-order valence-corrected chi connectivity index (χ1v) is 5.54. The van der Waals surface area contributed by atoms with Crippen LogP contribution in [0.15, 0.2) is 0 Å². The molecule has 10 heteroatoms. The van der Waals surface area contributed by atoms with Gasteiger partial charge in [0.15, 0.2) is 23.3 Å². The number of nitrogens with zero attached hydrogens (tertiary/aromatic N) is 1. The van der Waals surface area contributed by atoms with Crippen molar-refractivity contribution < 1.29 is 39.5 Å². The average Bonchev–Trinajstić information content (AvgIpc) is 2.40. The van der Waals surface area contributed by atoms with Crippen LogP contribution in [0.4, 0.5) is 45.2 Å². The van der Waals surface area contributed by atoms with Crippen LogP contribution >= 0.6 is 0 Å². The maximum atomic E-state index is 13.4. The number of rotatable bonds is 5. The molecule has 21 heavy (non-hydrogen) atoms. The van der Waals surface area contributed by atoms with Gasteiger partial charge in [-0.3, -0.25) is 9.29 Å². The Labute approximate surface area is 113 Å². The first kappa shape index (κ1) is 17.4. The molecule has 0 aliphatic rings. The Morgan fingerprint density at radius 2 is 1.14 bits per heavy atom. The smallest absolute Gasteiger partial charge is 0.278 e.